The monoisotopic (exact) mass is 299 g/mol. The summed E-state index contributed by atoms with van der Waals surface area (Å²) < 4.78 is 23.1. The predicted molar refractivity (Wildman–Crippen MR) is 82.9 cm³/mol. The summed E-state index contributed by atoms with van der Waals surface area (Å²) in [4.78, 5) is 0. The van der Waals surface area contributed by atoms with Crippen LogP contribution in [-0.2, 0) is 13.6 Å². The summed E-state index contributed by atoms with van der Waals surface area (Å²) in [6, 6.07) is 10.1. The minimum absolute atomic E-state index is 0.0547. The van der Waals surface area contributed by atoms with Crippen LogP contribution in [0, 0.1) is 5.41 Å². The van der Waals surface area contributed by atoms with Crippen LogP contribution in [0.15, 0.2) is 30.3 Å². The number of benzene rings is 1. The maximum absolute atomic E-state index is 12.8. The molecule has 0 fully saturated rings. The van der Waals surface area contributed by atoms with Gasteiger partial charge in [-0.3, -0.25) is 9.88 Å². The van der Waals surface area contributed by atoms with Gasteiger partial charge in [-0.15, -0.1) is 0 Å². The molecule has 4 nitrogen and oxygen atoms in total. The van der Waals surface area contributed by atoms with Crippen molar-refractivity contribution in [3.05, 3.63) is 35.9 Å². The first-order valence-electron chi connectivity index (χ1n) is 6.77. The van der Waals surface area contributed by atoms with Gasteiger partial charge in [-0.1, -0.05) is 51.1 Å². The van der Waals surface area contributed by atoms with Crippen LogP contribution in [0.5, 0.6) is 0 Å². The van der Waals surface area contributed by atoms with Crippen LogP contribution in [0.1, 0.15) is 39.3 Å². The SMILES string of the molecule is COP(=O)(OC)[C@@H](N[C@@H](C)c1ccccc1)C(C)(C)C. The third kappa shape index (κ3) is 4.16. The zero-order chi connectivity index (χ0) is 15.4. The molecular formula is C15H26NO3P. The lowest BCUT2D eigenvalue weighted by Crippen LogP contribution is -2.42. The molecule has 0 amide bonds. The molecule has 0 aromatic heterocycles. The van der Waals surface area contributed by atoms with E-state index in [4.69, 9.17) is 9.05 Å². The van der Waals surface area contributed by atoms with Crippen molar-refractivity contribution in [3.63, 3.8) is 0 Å². The molecule has 0 aliphatic heterocycles. The Morgan fingerprint density at radius 3 is 2.00 bits per heavy atom. The average Bonchev–Trinajstić information content (AvgIpc) is 2.43. The van der Waals surface area contributed by atoms with Crippen LogP contribution in [0.2, 0.25) is 0 Å². The standard InChI is InChI=1S/C15H26NO3P/c1-12(13-10-8-7-9-11-13)16-14(15(2,3)4)20(17,18-5)19-6/h7-12,14,16H,1-6H3/t12-,14+/m0/s1. The summed E-state index contributed by atoms with van der Waals surface area (Å²) in [6.07, 6.45) is 0. The Bertz CT molecular complexity index is 448. The highest BCUT2D eigenvalue weighted by atomic mass is 31.2. The van der Waals surface area contributed by atoms with E-state index in [0.717, 1.165) is 5.56 Å². The summed E-state index contributed by atoms with van der Waals surface area (Å²) in [5.41, 5.74) is 0.880. The van der Waals surface area contributed by atoms with E-state index in [9.17, 15) is 4.57 Å². The molecule has 0 unspecified atom stereocenters. The predicted octanol–water partition coefficient (Wildman–Crippen LogP) is 4.20. The summed E-state index contributed by atoms with van der Waals surface area (Å²) in [7, 11) is -0.341. The minimum Gasteiger partial charge on any atom is -0.311 e. The molecule has 0 radical (unpaired) electrons. The molecular weight excluding hydrogens is 273 g/mol. The summed E-state index contributed by atoms with van der Waals surface area (Å²) >= 11 is 0. The third-order valence-electron chi connectivity index (χ3n) is 3.35. The summed E-state index contributed by atoms with van der Waals surface area (Å²) in [5.74, 6) is -0.389. The lowest BCUT2D eigenvalue weighted by molar-refractivity contribution is 0.213. The fraction of sp³-hybridized carbons (Fsp3) is 0.600. The maximum Gasteiger partial charge on any atom is 0.347 e. The van der Waals surface area contributed by atoms with Crippen LogP contribution >= 0.6 is 7.60 Å². The van der Waals surface area contributed by atoms with Crippen LogP contribution < -0.4 is 5.32 Å². The number of hydrogen-bond acceptors (Lipinski definition) is 4. The van der Waals surface area contributed by atoms with Crippen molar-refractivity contribution in [1.82, 2.24) is 5.32 Å². The molecule has 0 saturated heterocycles. The molecule has 20 heavy (non-hydrogen) atoms. The Balaban J connectivity index is 3.00. The second kappa shape index (κ2) is 6.86. The highest BCUT2D eigenvalue weighted by Crippen LogP contribution is 2.56. The molecule has 0 aliphatic rings. The minimum atomic E-state index is -3.20. The molecule has 114 valence electrons. The van der Waals surface area contributed by atoms with E-state index >= 15 is 0 Å². The maximum atomic E-state index is 12.8. The molecule has 5 heteroatoms. The van der Waals surface area contributed by atoms with Crippen molar-refractivity contribution >= 4 is 7.60 Å². The number of rotatable bonds is 6. The first kappa shape index (κ1) is 17.4. The molecule has 0 heterocycles. The van der Waals surface area contributed by atoms with Crippen LogP contribution in [0.3, 0.4) is 0 Å². The molecule has 1 aromatic carbocycles. The van der Waals surface area contributed by atoms with E-state index in [1.165, 1.54) is 14.2 Å². The van der Waals surface area contributed by atoms with Gasteiger partial charge in [0.25, 0.3) is 0 Å². The Kier molecular flexibility index (Phi) is 5.96. The van der Waals surface area contributed by atoms with Crippen molar-refractivity contribution in [2.45, 2.75) is 39.5 Å². The fourth-order valence-corrected chi connectivity index (χ4v) is 4.10. The van der Waals surface area contributed by atoms with Crippen LogP contribution in [0.4, 0.5) is 0 Å². The average molecular weight is 299 g/mol. The van der Waals surface area contributed by atoms with E-state index in [2.05, 4.69) is 5.32 Å². The second-order valence-corrected chi connectivity index (χ2v) is 8.30. The Morgan fingerprint density at radius 2 is 1.60 bits per heavy atom. The topological polar surface area (TPSA) is 47.6 Å². The zero-order valence-corrected chi connectivity index (χ0v) is 14.1. The third-order valence-corrected chi connectivity index (χ3v) is 5.93. The van der Waals surface area contributed by atoms with Crippen LogP contribution in [-0.4, -0.2) is 20.0 Å². The van der Waals surface area contributed by atoms with E-state index in [-0.39, 0.29) is 17.2 Å². The van der Waals surface area contributed by atoms with Crippen molar-refractivity contribution in [3.8, 4) is 0 Å². The van der Waals surface area contributed by atoms with Gasteiger partial charge < -0.3 is 9.05 Å². The molecule has 1 rings (SSSR count). The van der Waals surface area contributed by atoms with Crippen molar-refractivity contribution in [2.24, 2.45) is 5.41 Å². The largest absolute Gasteiger partial charge is 0.347 e. The van der Waals surface area contributed by atoms with E-state index in [0.29, 0.717) is 0 Å². The normalized spacial score (nSPS) is 15.9. The van der Waals surface area contributed by atoms with Crippen molar-refractivity contribution in [1.29, 1.82) is 0 Å². The highest BCUT2D eigenvalue weighted by Gasteiger charge is 2.43. The van der Waals surface area contributed by atoms with Crippen molar-refractivity contribution < 1.29 is 13.6 Å². The lowest BCUT2D eigenvalue weighted by Gasteiger charge is -2.37. The smallest absolute Gasteiger partial charge is 0.311 e. The van der Waals surface area contributed by atoms with Gasteiger partial charge in [0, 0.05) is 20.3 Å². The molecule has 2 atom stereocenters. The fourth-order valence-electron chi connectivity index (χ4n) is 2.18. The van der Waals surface area contributed by atoms with E-state index in [1.807, 2.05) is 58.0 Å². The van der Waals surface area contributed by atoms with E-state index < -0.39 is 7.60 Å². The number of nitrogens with one attached hydrogen (secondary N) is 1. The second-order valence-electron chi connectivity index (χ2n) is 5.97. The van der Waals surface area contributed by atoms with E-state index in [1.54, 1.807) is 0 Å². The lowest BCUT2D eigenvalue weighted by atomic mass is 9.95. The quantitative estimate of drug-likeness (QED) is 0.800. The summed E-state index contributed by atoms with van der Waals surface area (Å²) in [5, 5.41) is 3.40. The first-order chi connectivity index (χ1) is 9.24. The van der Waals surface area contributed by atoms with Crippen LogP contribution in [0.25, 0.3) is 0 Å². The number of hydrogen-bond donors (Lipinski definition) is 1. The first-order valence-corrected chi connectivity index (χ1v) is 8.38. The molecule has 0 bridgehead atoms. The van der Waals surface area contributed by atoms with Crippen molar-refractivity contribution in [2.75, 3.05) is 14.2 Å². The zero-order valence-electron chi connectivity index (χ0n) is 13.2. The molecule has 0 aliphatic carbocycles. The molecule has 1 aromatic rings. The van der Waals surface area contributed by atoms with Gasteiger partial charge in [0.05, 0.1) is 0 Å². The van der Waals surface area contributed by atoms with Gasteiger partial charge in [0.1, 0.15) is 5.78 Å². The van der Waals surface area contributed by atoms with Gasteiger partial charge in [0.2, 0.25) is 0 Å². The van der Waals surface area contributed by atoms with Gasteiger partial charge in [-0.25, -0.2) is 0 Å². The van der Waals surface area contributed by atoms with Gasteiger partial charge in [-0.2, -0.15) is 0 Å². The summed E-state index contributed by atoms with van der Waals surface area (Å²) in [6.45, 7) is 8.11. The molecule has 0 spiro atoms. The van der Waals surface area contributed by atoms with Gasteiger partial charge in [0.15, 0.2) is 0 Å². The Morgan fingerprint density at radius 1 is 1.10 bits per heavy atom. The highest BCUT2D eigenvalue weighted by molar-refractivity contribution is 7.54. The Labute approximate surface area is 122 Å². The Hall–Kier alpha value is -0.670. The molecule has 0 saturated carbocycles. The van der Waals surface area contributed by atoms with Gasteiger partial charge in [-0.05, 0) is 17.9 Å². The molecule has 1 N–H and O–H groups in total. The van der Waals surface area contributed by atoms with Gasteiger partial charge >= 0.3 is 7.60 Å².